The van der Waals surface area contributed by atoms with Gasteiger partial charge in [0.15, 0.2) is 0 Å². The summed E-state index contributed by atoms with van der Waals surface area (Å²) in [5.74, 6) is -0.941. The number of fused-ring (bicyclic) bond motifs is 1. The molecule has 0 fully saturated rings. The number of hydrogen-bond acceptors (Lipinski definition) is 6. The van der Waals surface area contributed by atoms with Crippen LogP contribution in [0.5, 0.6) is 0 Å². The number of aryl methyl sites for hydroxylation is 1. The van der Waals surface area contributed by atoms with Gasteiger partial charge in [-0.25, -0.2) is 22.3 Å². The lowest BCUT2D eigenvalue weighted by atomic mass is 10.1. The lowest BCUT2D eigenvalue weighted by Crippen LogP contribution is -2.34. The second-order valence-corrected chi connectivity index (χ2v) is 11.2. The van der Waals surface area contributed by atoms with Gasteiger partial charge in [-0.05, 0) is 72.5 Å². The topological polar surface area (TPSA) is 135 Å². The van der Waals surface area contributed by atoms with Crippen LogP contribution >= 0.6 is 22.6 Å². The maximum atomic E-state index is 14.6. The Morgan fingerprint density at radius 1 is 1.11 bits per heavy atom. The van der Waals surface area contributed by atoms with E-state index in [1.165, 1.54) is 43.8 Å². The molecule has 188 valence electrons. The molecule has 0 aliphatic rings. The Morgan fingerprint density at radius 2 is 1.83 bits per heavy atom. The minimum atomic E-state index is -3.59. The van der Waals surface area contributed by atoms with Crippen molar-refractivity contribution in [2.24, 2.45) is 7.05 Å². The molecule has 0 saturated carbocycles. The molecule has 36 heavy (non-hydrogen) atoms. The van der Waals surface area contributed by atoms with Crippen LogP contribution < -0.4 is 26.8 Å². The number of benzene rings is 2. The third-order valence-corrected chi connectivity index (χ3v) is 7.69. The van der Waals surface area contributed by atoms with E-state index in [2.05, 4.69) is 15.0 Å². The highest BCUT2D eigenvalue weighted by Crippen LogP contribution is 2.27. The molecule has 0 amide bonds. The molecule has 0 aliphatic heterocycles. The molecule has 4 aromatic rings. The molecule has 0 aliphatic carbocycles. The van der Waals surface area contributed by atoms with Gasteiger partial charge >= 0.3 is 5.69 Å². The molecule has 10 nitrogen and oxygen atoms in total. The van der Waals surface area contributed by atoms with Crippen LogP contribution in [0.1, 0.15) is 11.1 Å². The third-order valence-electron chi connectivity index (χ3n) is 5.68. The number of pyridine rings is 1. The van der Waals surface area contributed by atoms with Crippen LogP contribution in [-0.2, 0) is 22.8 Å². The molecule has 4 rings (SSSR count). The van der Waals surface area contributed by atoms with E-state index < -0.39 is 32.6 Å². The van der Waals surface area contributed by atoms with E-state index >= 15 is 0 Å². The smallest absolute Gasteiger partial charge is 0.333 e. The first-order valence-corrected chi connectivity index (χ1v) is 13.3. The Balaban J connectivity index is 2.05. The maximum absolute atomic E-state index is 14.6. The molecule has 13 heteroatoms. The van der Waals surface area contributed by atoms with E-state index in [0.29, 0.717) is 9.13 Å². The van der Waals surface area contributed by atoms with Crippen molar-refractivity contribution in [3.05, 3.63) is 94.2 Å². The van der Waals surface area contributed by atoms with Gasteiger partial charge < -0.3 is 5.32 Å². The predicted octanol–water partition coefficient (Wildman–Crippen LogP) is 2.22. The van der Waals surface area contributed by atoms with Crippen molar-refractivity contribution < 1.29 is 12.8 Å². The van der Waals surface area contributed by atoms with Gasteiger partial charge in [0.1, 0.15) is 17.0 Å². The fourth-order valence-electron chi connectivity index (χ4n) is 3.92. The number of halogens is 2. The average molecular weight is 625 g/mol. The van der Waals surface area contributed by atoms with E-state index in [-0.39, 0.29) is 39.4 Å². The van der Waals surface area contributed by atoms with Crippen molar-refractivity contribution in [3.63, 3.8) is 0 Å². The van der Waals surface area contributed by atoms with E-state index in [1.54, 1.807) is 24.3 Å². The molecular weight excluding hydrogens is 604 g/mol. The van der Waals surface area contributed by atoms with Gasteiger partial charge in [-0.15, -0.1) is 0 Å². The first-order valence-electron chi connectivity index (χ1n) is 10.5. The zero-order valence-corrected chi connectivity index (χ0v) is 22.3. The predicted molar refractivity (Wildman–Crippen MR) is 144 cm³/mol. The molecule has 0 saturated heterocycles. The van der Waals surface area contributed by atoms with Crippen LogP contribution in [0.3, 0.4) is 0 Å². The quantitative estimate of drug-likeness (QED) is 0.282. The van der Waals surface area contributed by atoms with E-state index in [4.69, 9.17) is 0 Å². The van der Waals surface area contributed by atoms with Gasteiger partial charge in [0.25, 0.3) is 11.1 Å². The highest BCUT2D eigenvalue weighted by Gasteiger charge is 2.21. The van der Waals surface area contributed by atoms with Gasteiger partial charge in [-0.1, -0.05) is 12.1 Å². The fraction of sp³-hybridized carbons (Fsp3) is 0.174. The second kappa shape index (κ2) is 9.63. The second-order valence-electron chi connectivity index (χ2n) is 8.04. The lowest BCUT2D eigenvalue weighted by Gasteiger charge is -2.19. The minimum absolute atomic E-state index is 0.00961. The van der Waals surface area contributed by atoms with E-state index in [9.17, 15) is 27.2 Å². The Labute approximate surface area is 218 Å². The number of anilines is 2. The molecule has 0 unspecified atom stereocenters. The van der Waals surface area contributed by atoms with Gasteiger partial charge in [0.2, 0.25) is 10.0 Å². The van der Waals surface area contributed by atoms with Crippen molar-refractivity contribution in [1.29, 1.82) is 0 Å². The summed E-state index contributed by atoms with van der Waals surface area (Å²) in [6.45, 7) is 1.48. The highest BCUT2D eigenvalue weighted by atomic mass is 127. The van der Waals surface area contributed by atoms with Crippen LogP contribution in [-0.4, -0.2) is 29.6 Å². The molecule has 2 heterocycles. The van der Waals surface area contributed by atoms with Crippen LogP contribution in [0.2, 0.25) is 0 Å². The van der Waals surface area contributed by atoms with Gasteiger partial charge in [0.05, 0.1) is 22.6 Å². The average Bonchev–Trinajstić information content (AvgIpc) is 2.81. The Morgan fingerprint density at radius 3 is 2.50 bits per heavy atom. The first kappa shape index (κ1) is 25.8. The van der Waals surface area contributed by atoms with Crippen molar-refractivity contribution in [1.82, 2.24) is 18.8 Å². The maximum Gasteiger partial charge on any atom is 0.333 e. The summed E-state index contributed by atoms with van der Waals surface area (Å²) in [5, 5.41) is 2.79. The number of sulfonamides is 1. The zero-order chi connectivity index (χ0) is 26.4. The molecule has 2 aromatic carbocycles. The van der Waals surface area contributed by atoms with E-state index in [1.807, 2.05) is 22.6 Å². The van der Waals surface area contributed by atoms with Crippen molar-refractivity contribution in [2.75, 3.05) is 12.4 Å². The van der Waals surface area contributed by atoms with Gasteiger partial charge in [-0.3, -0.25) is 23.7 Å². The monoisotopic (exact) mass is 625 g/mol. The Bertz CT molecular complexity index is 1810. The van der Waals surface area contributed by atoms with Crippen molar-refractivity contribution in [3.8, 4) is 5.69 Å². The number of rotatable bonds is 6. The van der Waals surface area contributed by atoms with Crippen LogP contribution in [0.25, 0.3) is 16.6 Å². The summed E-state index contributed by atoms with van der Waals surface area (Å²) in [6, 6.07) is 10.6. The normalized spacial score (nSPS) is 11.7. The standard InChI is InChI=1S/C23H21FIN5O5S/c1-12-19-18(20(29(3)22(12)32)27-17-8-7-14(25)10-16(17)24)21(31)28-23(33)30(19)15-6-4-5-13(9-15)11-36(34,35)26-2/h4-10,26-27H,11H2,1-3H3,(H,28,31,33). The molecule has 0 spiro atoms. The van der Waals surface area contributed by atoms with Crippen molar-refractivity contribution in [2.45, 2.75) is 12.7 Å². The van der Waals surface area contributed by atoms with Gasteiger partial charge in [-0.2, -0.15) is 0 Å². The Hall–Kier alpha value is -3.30. The SMILES string of the molecule is CNS(=O)(=O)Cc1cccc(-n2c(=O)[nH]c(=O)c3c(Nc4ccc(I)cc4F)n(C)c(=O)c(C)c32)c1. The summed E-state index contributed by atoms with van der Waals surface area (Å²) in [4.78, 5) is 41.4. The Kier molecular flexibility index (Phi) is 6.90. The number of nitrogens with zero attached hydrogens (tertiary/aromatic N) is 2. The molecule has 2 aromatic heterocycles. The molecule has 0 atom stereocenters. The fourth-order valence-corrected chi connectivity index (χ4v) is 5.14. The molecular formula is C23H21FIN5O5S. The van der Waals surface area contributed by atoms with E-state index in [0.717, 1.165) is 4.57 Å². The summed E-state index contributed by atoms with van der Waals surface area (Å²) in [7, 11) is -0.869. The molecule has 3 N–H and O–H groups in total. The number of aromatic nitrogens is 3. The number of nitrogens with one attached hydrogen (secondary N) is 3. The summed E-state index contributed by atoms with van der Waals surface area (Å²) < 4.78 is 43.9. The molecule has 0 bridgehead atoms. The number of H-pyrrole nitrogens is 1. The molecule has 0 radical (unpaired) electrons. The summed E-state index contributed by atoms with van der Waals surface area (Å²) in [5.41, 5.74) is -1.31. The number of hydrogen-bond donors (Lipinski definition) is 3. The summed E-state index contributed by atoms with van der Waals surface area (Å²) >= 11 is 1.96. The number of aromatic amines is 1. The van der Waals surface area contributed by atoms with Crippen molar-refractivity contribution >= 4 is 55.0 Å². The zero-order valence-electron chi connectivity index (χ0n) is 19.3. The summed E-state index contributed by atoms with van der Waals surface area (Å²) in [6.07, 6.45) is 0. The third kappa shape index (κ3) is 4.73. The highest BCUT2D eigenvalue weighted by molar-refractivity contribution is 14.1. The minimum Gasteiger partial charge on any atom is -0.338 e. The van der Waals surface area contributed by atoms with Crippen LogP contribution in [0.15, 0.2) is 56.8 Å². The lowest BCUT2D eigenvalue weighted by molar-refractivity contribution is 0.587. The van der Waals surface area contributed by atoms with Gasteiger partial charge in [0, 0.05) is 16.2 Å². The first-order chi connectivity index (χ1) is 16.9. The largest absolute Gasteiger partial charge is 0.338 e. The van der Waals surface area contributed by atoms with Crippen LogP contribution in [0, 0.1) is 16.3 Å². The van der Waals surface area contributed by atoms with Crippen LogP contribution in [0.4, 0.5) is 15.9 Å².